The lowest BCUT2D eigenvalue weighted by Gasteiger charge is -2.20. The highest BCUT2D eigenvalue weighted by atomic mass is 32.2. The van der Waals surface area contributed by atoms with E-state index in [-0.39, 0.29) is 5.91 Å². The zero-order valence-corrected chi connectivity index (χ0v) is 21.3. The number of carbonyl (C=O) groups excluding carboxylic acids is 1. The quantitative estimate of drug-likeness (QED) is 0.198. The zero-order chi connectivity index (χ0) is 24.5. The molecule has 0 aliphatic heterocycles. The number of nitrogens with one attached hydrogen (secondary N) is 1. The van der Waals surface area contributed by atoms with Gasteiger partial charge >= 0.3 is 0 Å². The van der Waals surface area contributed by atoms with Crippen LogP contribution in [0.5, 0.6) is 17.2 Å². The Balaban J connectivity index is 1.76. The fraction of sp³-hybridized carbons (Fsp3) is 0.231. The molecule has 0 saturated carbocycles. The molecule has 0 aromatic heterocycles. The molecular formula is C26H28N2O4S2. The average molecular weight is 497 g/mol. The van der Waals surface area contributed by atoms with E-state index in [1.165, 1.54) is 11.8 Å². The van der Waals surface area contributed by atoms with Crippen molar-refractivity contribution >= 4 is 41.8 Å². The second-order valence-electron chi connectivity index (χ2n) is 7.25. The number of carbonyl (C=O) groups is 1. The molecule has 0 saturated heterocycles. The second kappa shape index (κ2) is 12.4. The summed E-state index contributed by atoms with van der Waals surface area (Å²) in [5.41, 5.74) is 2.55. The lowest BCUT2D eigenvalue weighted by molar-refractivity contribution is -0.127. The van der Waals surface area contributed by atoms with E-state index in [2.05, 4.69) is 17.0 Å². The minimum Gasteiger partial charge on any atom is -0.493 e. The van der Waals surface area contributed by atoms with Gasteiger partial charge in [0.05, 0.1) is 25.8 Å². The SMILES string of the molecule is C=Nc1cc(OC)c(OC)cc1SCNC(=O)C(Oc1ccc(C)cc1)c1ccc(SC)cc1. The first-order chi connectivity index (χ1) is 16.5. The fourth-order valence-electron chi connectivity index (χ4n) is 3.17. The van der Waals surface area contributed by atoms with Gasteiger partial charge in [-0.15, -0.1) is 23.5 Å². The van der Waals surface area contributed by atoms with Crippen LogP contribution in [0.2, 0.25) is 0 Å². The van der Waals surface area contributed by atoms with Crippen molar-refractivity contribution in [2.24, 2.45) is 4.99 Å². The summed E-state index contributed by atoms with van der Waals surface area (Å²) in [6.07, 6.45) is 1.22. The molecule has 34 heavy (non-hydrogen) atoms. The highest BCUT2D eigenvalue weighted by Gasteiger charge is 2.23. The third-order valence-electron chi connectivity index (χ3n) is 5.04. The van der Waals surface area contributed by atoms with E-state index < -0.39 is 6.10 Å². The molecule has 0 fully saturated rings. The second-order valence-corrected chi connectivity index (χ2v) is 9.14. The standard InChI is InChI=1S/C26H28N2O4S2/c1-17-6-10-19(11-7-17)32-25(18-8-12-20(33-5)13-9-18)26(29)28-16-34-24-15-23(31-4)22(30-3)14-21(24)27-2/h6-15,25H,2,16H2,1,3-5H3,(H,28,29). The summed E-state index contributed by atoms with van der Waals surface area (Å²) in [5, 5.41) is 2.97. The van der Waals surface area contributed by atoms with E-state index in [0.717, 1.165) is 20.9 Å². The molecule has 0 bridgehead atoms. The van der Waals surface area contributed by atoms with Crippen LogP contribution in [0, 0.1) is 6.92 Å². The van der Waals surface area contributed by atoms with Gasteiger partial charge in [0.25, 0.3) is 5.91 Å². The van der Waals surface area contributed by atoms with Gasteiger partial charge in [-0.25, -0.2) is 0 Å². The van der Waals surface area contributed by atoms with Crippen LogP contribution in [0.4, 0.5) is 5.69 Å². The molecule has 1 unspecified atom stereocenters. The summed E-state index contributed by atoms with van der Waals surface area (Å²) in [4.78, 5) is 19.2. The lowest BCUT2D eigenvalue weighted by Crippen LogP contribution is -2.32. The third-order valence-corrected chi connectivity index (χ3v) is 6.71. The predicted molar refractivity (Wildman–Crippen MR) is 140 cm³/mol. The van der Waals surface area contributed by atoms with Crippen molar-refractivity contribution in [1.29, 1.82) is 0 Å². The number of thioether (sulfide) groups is 2. The molecule has 3 rings (SSSR count). The van der Waals surface area contributed by atoms with Crippen LogP contribution in [-0.2, 0) is 4.79 Å². The lowest BCUT2D eigenvalue weighted by atomic mass is 10.1. The number of amides is 1. The van der Waals surface area contributed by atoms with E-state index in [4.69, 9.17) is 14.2 Å². The van der Waals surface area contributed by atoms with Crippen LogP contribution < -0.4 is 19.5 Å². The van der Waals surface area contributed by atoms with Gasteiger partial charge in [0, 0.05) is 21.4 Å². The molecule has 1 amide bonds. The topological polar surface area (TPSA) is 69.2 Å². The number of benzene rings is 3. The molecule has 8 heteroatoms. The molecule has 1 atom stereocenters. The maximum atomic E-state index is 13.2. The number of nitrogens with zero attached hydrogens (tertiary/aromatic N) is 1. The smallest absolute Gasteiger partial charge is 0.266 e. The minimum absolute atomic E-state index is 0.237. The normalized spacial score (nSPS) is 11.4. The van der Waals surface area contributed by atoms with E-state index in [1.807, 2.05) is 67.8 Å². The average Bonchev–Trinajstić information content (AvgIpc) is 2.87. The first-order valence-corrected chi connectivity index (χ1v) is 12.7. The highest BCUT2D eigenvalue weighted by Crippen LogP contribution is 2.39. The summed E-state index contributed by atoms with van der Waals surface area (Å²) in [7, 11) is 3.14. The van der Waals surface area contributed by atoms with Crippen LogP contribution >= 0.6 is 23.5 Å². The molecule has 3 aromatic rings. The van der Waals surface area contributed by atoms with Gasteiger partial charge in [0.1, 0.15) is 5.75 Å². The summed E-state index contributed by atoms with van der Waals surface area (Å²) >= 11 is 3.06. The first kappa shape index (κ1) is 25.5. The van der Waals surface area contributed by atoms with Gasteiger partial charge in [-0.1, -0.05) is 29.8 Å². The van der Waals surface area contributed by atoms with Crippen molar-refractivity contribution in [3.8, 4) is 17.2 Å². The van der Waals surface area contributed by atoms with Crippen LogP contribution in [0.1, 0.15) is 17.2 Å². The fourth-order valence-corrected chi connectivity index (χ4v) is 4.41. The van der Waals surface area contributed by atoms with Crippen molar-refractivity contribution < 1.29 is 19.0 Å². The Morgan fingerprint density at radius 3 is 2.26 bits per heavy atom. The van der Waals surface area contributed by atoms with Crippen molar-refractivity contribution in [3.05, 3.63) is 71.8 Å². The van der Waals surface area contributed by atoms with Crippen molar-refractivity contribution in [2.45, 2.75) is 22.8 Å². The first-order valence-electron chi connectivity index (χ1n) is 10.5. The van der Waals surface area contributed by atoms with Crippen LogP contribution in [0.3, 0.4) is 0 Å². The van der Waals surface area contributed by atoms with Crippen LogP contribution in [-0.4, -0.2) is 39.0 Å². The van der Waals surface area contributed by atoms with E-state index in [1.54, 1.807) is 32.0 Å². The summed E-state index contributed by atoms with van der Waals surface area (Å²) < 4.78 is 16.8. The maximum absolute atomic E-state index is 13.2. The Bertz CT molecular complexity index is 1120. The zero-order valence-electron chi connectivity index (χ0n) is 19.7. The van der Waals surface area contributed by atoms with Crippen molar-refractivity contribution in [1.82, 2.24) is 5.32 Å². The van der Waals surface area contributed by atoms with Crippen LogP contribution in [0.25, 0.3) is 0 Å². The molecule has 0 radical (unpaired) electrons. The van der Waals surface area contributed by atoms with E-state index in [9.17, 15) is 4.79 Å². The summed E-state index contributed by atoms with van der Waals surface area (Å²) in [6.45, 7) is 5.64. The van der Waals surface area contributed by atoms with Gasteiger partial charge in [-0.05, 0) is 50.2 Å². The van der Waals surface area contributed by atoms with Gasteiger partial charge in [-0.3, -0.25) is 9.79 Å². The number of aliphatic imine (C=N–C) groups is 1. The summed E-state index contributed by atoms with van der Waals surface area (Å²) in [5.74, 6) is 1.86. The molecule has 0 aliphatic rings. The Labute approximate surface area is 209 Å². The molecule has 6 nitrogen and oxygen atoms in total. The van der Waals surface area contributed by atoms with Gasteiger partial charge in [0.15, 0.2) is 11.5 Å². The van der Waals surface area contributed by atoms with Crippen molar-refractivity contribution in [3.63, 3.8) is 0 Å². The number of methoxy groups -OCH3 is 2. The Morgan fingerprint density at radius 1 is 1.03 bits per heavy atom. The minimum atomic E-state index is -0.790. The highest BCUT2D eigenvalue weighted by molar-refractivity contribution is 7.99. The molecule has 178 valence electrons. The summed E-state index contributed by atoms with van der Waals surface area (Å²) in [6, 6.07) is 19.0. The molecule has 3 aromatic carbocycles. The molecule has 0 heterocycles. The maximum Gasteiger partial charge on any atom is 0.266 e. The third kappa shape index (κ3) is 6.48. The number of ether oxygens (including phenoxy) is 3. The number of rotatable bonds is 11. The number of hydrogen-bond donors (Lipinski definition) is 1. The molecule has 0 aliphatic carbocycles. The molecule has 1 N–H and O–H groups in total. The molecule has 0 spiro atoms. The predicted octanol–water partition coefficient (Wildman–Crippen LogP) is 6.05. The largest absolute Gasteiger partial charge is 0.493 e. The van der Waals surface area contributed by atoms with Gasteiger partial charge < -0.3 is 19.5 Å². The van der Waals surface area contributed by atoms with Gasteiger partial charge in [0.2, 0.25) is 6.10 Å². The van der Waals surface area contributed by atoms with Crippen LogP contribution in [0.15, 0.2) is 75.4 Å². The molecular weight excluding hydrogens is 468 g/mol. The Morgan fingerprint density at radius 2 is 1.68 bits per heavy atom. The Hall–Kier alpha value is -3.10. The number of aryl methyl sites for hydroxylation is 1. The van der Waals surface area contributed by atoms with Gasteiger partial charge in [-0.2, -0.15) is 0 Å². The number of hydrogen-bond acceptors (Lipinski definition) is 7. The van der Waals surface area contributed by atoms with E-state index >= 15 is 0 Å². The van der Waals surface area contributed by atoms with Crippen molar-refractivity contribution in [2.75, 3.05) is 26.4 Å². The monoisotopic (exact) mass is 496 g/mol. The van der Waals surface area contributed by atoms with E-state index in [0.29, 0.717) is 28.8 Å². The Kier molecular flexibility index (Phi) is 9.30.